The molecule has 126 valence electrons. The first-order valence-corrected chi connectivity index (χ1v) is 8.40. The quantitative estimate of drug-likeness (QED) is 0.516. The molecule has 5 nitrogen and oxygen atoms in total. The average Bonchev–Trinajstić information content (AvgIpc) is 3.30. The van der Waals surface area contributed by atoms with Crippen LogP contribution in [0, 0.1) is 0 Å². The largest absolute Gasteiger partial charge is 0.467 e. The molecule has 0 spiro atoms. The maximum atomic E-state index is 12.8. The molecule has 2 aromatic carbocycles. The summed E-state index contributed by atoms with van der Waals surface area (Å²) >= 11 is 0. The number of H-pyrrole nitrogens is 1. The summed E-state index contributed by atoms with van der Waals surface area (Å²) in [6, 6.07) is 15.4. The number of furan rings is 1. The fraction of sp³-hybridized carbons (Fsp3) is 0.0476. The fourth-order valence-electron chi connectivity index (χ4n) is 3.43. The lowest BCUT2D eigenvalue weighted by atomic mass is 9.97. The zero-order valence-corrected chi connectivity index (χ0v) is 13.8. The van der Waals surface area contributed by atoms with Gasteiger partial charge in [-0.15, -0.1) is 0 Å². The molecule has 2 N–H and O–H groups in total. The molecule has 5 heteroatoms. The van der Waals surface area contributed by atoms with Gasteiger partial charge in [-0.25, -0.2) is 0 Å². The van der Waals surface area contributed by atoms with Crippen LogP contribution < -0.4 is 5.32 Å². The molecule has 1 amide bonds. The predicted molar refractivity (Wildman–Crippen MR) is 100 cm³/mol. The zero-order chi connectivity index (χ0) is 17.5. The van der Waals surface area contributed by atoms with Crippen LogP contribution in [0.15, 0.2) is 59.2 Å². The van der Waals surface area contributed by atoms with E-state index in [0.29, 0.717) is 12.1 Å². The van der Waals surface area contributed by atoms with E-state index < -0.39 is 0 Å². The van der Waals surface area contributed by atoms with Crippen LogP contribution in [0.5, 0.6) is 0 Å². The third kappa shape index (κ3) is 2.25. The van der Waals surface area contributed by atoms with Crippen LogP contribution in [-0.4, -0.2) is 16.1 Å². The first kappa shape index (κ1) is 14.7. The van der Waals surface area contributed by atoms with Gasteiger partial charge in [0.05, 0.1) is 18.3 Å². The molecule has 0 atom stereocenters. The van der Waals surface area contributed by atoms with Gasteiger partial charge in [0.2, 0.25) is 0 Å². The number of carbonyl (C=O) groups is 1. The highest BCUT2D eigenvalue weighted by atomic mass is 16.3. The Morgan fingerprint density at radius 1 is 1.08 bits per heavy atom. The molecular weight excluding hydrogens is 326 g/mol. The van der Waals surface area contributed by atoms with Crippen molar-refractivity contribution in [2.45, 2.75) is 6.54 Å². The third-order valence-electron chi connectivity index (χ3n) is 4.66. The smallest absolute Gasteiger partial charge is 0.252 e. The molecule has 1 aliphatic carbocycles. The Labute approximate surface area is 149 Å². The zero-order valence-electron chi connectivity index (χ0n) is 13.8. The number of aromatic nitrogens is 2. The maximum Gasteiger partial charge on any atom is 0.252 e. The number of fused-ring (bicyclic) bond motifs is 2. The van der Waals surface area contributed by atoms with Gasteiger partial charge in [0.1, 0.15) is 11.5 Å². The first-order chi connectivity index (χ1) is 12.8. The molecule has 0 aliphatic heterocycles. The Morgan fingerprint density at radius 3 is 2.88 bits per heavy atom. The molecule has 5 rings (SSSR count). The van der Waals surface area contributed by atoms with Gasteiger partial charge in [0.15, 0.2) is 0 Å². The molecule has 0 bridgehead atoms. The van der Waals surface area contributed by atoms with Crippen molar-refractivity contribution in [3.05, 3.63) is 77.2 Å². The van der Waals surface area contributed by atoms with E-state index in [-0.39, 0.29) is 5.91 Å². The van der Waals surface area contributed by atoms with Gasteiger partial charge in [0.25, 0.3) is 5.91 Å². The van der Waals surface area contributed by atoms with Crippen molar-refractivity contribution in [2.24, 2.45) is 0 Å². The summed E-state index contributed by atoms with van der Waals surface area (Å²) in [6.07, 6.45) is 5.63. The van der Waals surface area contributed by atoms with Crippen molar-refractivity contribution in [1.82, 2.24) is 15.5 Å². The van der Waals surface area contributed by atoms with Crippen LogP contribution in [0.2, 0.25) is 0 Å². The second-order valence-electron chi connectivity index (χ2n) is 6.20. The second-order valence-corrected chi connectivity index (χ2v) is 6.20. The molecule has 0 fully saturated rings. The van der Waals surface area contributed by atoms with Crippen molar-refractivity contribution in [3.63, 3.8) is 0 Å². The van der Waals surface area contributed by atoms with Crippen LogP contribution >= 0.6 is 0 Å². The summed E-state index contributed by atoms with van der Waals surface area (Å²) in [7, 11) is 0. The van der Waals surface area contributed by atoms with E-state index in [0.717, 1.165) is 39.0 Å². The van der Waals surface area contributed by atoms with Crippen molar-refractivity contribution in [3.8, 4) is 11.3 Å². The van der Waals surface area contributed by atoms with Crippen LogP contribution in [-0.2, 0) is 6.54 Å². The van der Waals surface area contributed by atoms with E-state index in [1.807, 2.05) is 48.6 Å². The minimum absolute atomic E-state index is 0.138. The van der Waals surface area contributed by atoms with Gasteiger partial charge < -0.3 is 9.73 Å². The Morgan fingerprint density at radius 2 is 2.00 bits per heavy atom. The van der Waals surface area contributed by atoms with E-state index in [2.05, 4.69) is 21.6 Å². The van der Waals surface area contributed by atoms with Crippen LogP contribution in [0.1, 0.15) is 27.2 Å². The number of benzene rings is 2. The fourth-order valence-corrected chi connectivity index (χ4v) is 3.43. The van der Waals surface area contributed by atoms with E-state index in [1.54, 1.807) is 12.3 Å². The highest BCUT2D eigenvalue weighted by Gasteiger charge is 2.20. The number of hydrogen-bond acceptors (Lipinski definition) is 3. The van der Waals surface area contributed by atoms with Crippen molar-refractivity contribution >= 4 is 29.0 Å². The predicted octanol–water partition coefficient (Wildman–Crippen LogP) is 4.24. The Hall–Kier alpha value is -3.60. The summed E-state index contributed by atoms with van der Waals surface area (Å²) in [5.41, 5.74) is 5.38. The summed E-state index contributed by atoms with van der Waals surface area (Å²) in [5.74, 6) is 0.581. The first-order valence-electron chi connectivity index (χ1n) is 8.40. The van der Waals surface area contributed by atoms with Crippen molar-refractivity contribution < 1.29 is 9.21 Å². The second kappa shape index (κ2) is 5.74. The number of aromatic amines is 1. The molecule has 2 heterocycles. The number of nitrogens with zero attached hydrogens (tertiary/aromatic N) is 1. The minimum Gasteiger partial charge on any atom is -0.467 e. The molecule has 2 aromatic heterocycles. The van der Waals surface area contributed by atoms with E-state index in [1.165, 1.54) is 0 Å². The molecule has 0 saturated heterocycles. The molecule has 4 aromatic rings. The lowest BCUT2D eigenvalue weighted by molar-refractivity contribution is 0.0948. The lowest BCUT2D eigenvalue weighted by Crippen LogP contribution is -2.23. The van der Waals surface area contributed by atoms with E-state index in [4.69, 9.17) is 4.42 Å². The van der Waals surface area contributed by atoms with Gasteiger partial charge in [-0.1, -0.05) is 36.4 Å². The van der Waals surface area contributed by atoms with Gasteiger partial charge in [-0.05, 0) is 35.4 Å². The number of carbonyl (C=O) groups excluding carboxylic acids is 1. The number of rotatable bonds is 3. The molecule has 0 unspecified atom stereocenters. The van der Waals surface area contributed by atoms with Crippen LogP contribution in [0.3, 0.4) is 0 Å². The van der Waals surface area contributed by atoms with Gasteiger partial charge >= 0.3 is 0 Å². The van der Waals surface area contributed by atoms with E-state index in [9.17, 15) is 4.79 Å². The topological polar surface area (TPSA) is 70.9 Å². The molecule has 0 radical (unpaired) electrons. The van der Waals surface area contributed by atoms with Crippen LogP contribution in [0.25, 0.3) is 34.3 Å². The van der Waals surface area contributed by atoms with Crippen LogP contribution in [0.4, 0.5) is 0 Å². The van der Waals surface area contributed by atoms with Crippen molar-refractivity contribution in [1.29, 1.82) is 0 Å². The van der Waals surface area contributed by atoms with E-state index >= 15 is 0 Å². The standard InChI is InChI=1S/C21H15N3O2/c25-21(22-12-14-5-3-11-26-14)17-7-2-6-16-15(17)10-9-13-4-1-8-18-19(13)20(16)24-23-18/h1-11H,12H2,(H,22,25)(H,23,24). The van der Waals surface area contributed by atoms with Gasteiger partial charge in [-0.2, -0.15) is 5.10 Å². The molecule has 26 heavy (non-hydrogen) atoms. The number of amides is 1. The van der Waals surface area contributed by atoms with Gasteiger partial charge in [-0.3, -0.25) is 9.89 Å². The highest BCUT2D eigenvalue weighted by molar-refractivity contribution is 6.08. The van der Waals surface area contributed by atoms with Crippen molar-refractivity contribution in [2.75, 3.05) is 0 Å². The summed E-state index contributed by atoms with van der Waals surface area (Å²) < 4.78 is 5.28. The average molecular weight is 341 g/mol. The Balaban J connectivity index is 1.59. The molecule has 1 aliphatic rings. The highest BCUT2D eigenvalue weighted by Crippen LogP contribution is 2.36. The number of hydrogen-bond donors (Lipinski definition) is 2. The Bertz CT molecular complexity index is 1150. The summed E-state index contributed by atoms with van der Waals surface area (Å²) in [5, 5.41) is 11.6. The SMILES string of the molecule is O=C(NCc1ccco1)c1cccc2c1C=Cc1cccc3[nH]nc-2c13. The maximum absolute atomic E-state index is 12.8. The normalized spacial score (nSPS) is 12.0. The third-order valence-corrected chi connectivity index (χ3v) is 4.66. The molecule has 0 saturated carbocycles. The minimum atomic E-state index is -0.138. The summed E-state index contributed by atoms with van der Waals surface area (Å²) in [6.45, 7) is 0.353. The molecular formula is C21H15N3O2. The Kier molecular flexibility index (Phi) is 3.25. The lowest BCUT2D eigenvalue weighted by Gasteiger charge is -2.10. The van der Waals surface area contributed by atoms with Gasteiger partial charge in [0, 0.05) is 16.5 Å². The number of nitrogens with one attached hydrogen (secondary N) is 2. The summed E-state index contributed by atoms with van der Waals surface area (Å²) in [4.78, 5) is 12.8. The monoisotopic (exact) mass is 341 g/mol.